The lowest BCUT2D eigenvalue weighted by atomic mass is 10.1. The molecule has 0 bridgehead atoms. The van der Waals surface area contributed by atoms with Crippen molar-refractivity contribution < 1.29 is 14.0 Å². The second-order valence-electron chi connectivity index (χ2n) is 4.35. The fraction of sp³-hybridized carbons (Fsp3) is 0.385. The van der Waals surface area contributed by atoms with E-state index in [-0.39, 0.29) is 5.91 Å². The van der Waals surface area contributed by atoms with Crippen LogP contribution >= 0.6 is 0 Å². The number of aldehydes is 1. The molecule has 0 aromatic heterocycles. The summed E-state index contributed by atoms with van der Waals surface area (Å²) in [7, 11) is 0. The summed E-state index contributed by atoms with van der Waals surface area (Å²) in [4.78, 5) is 25.6. The number of carbonyl (C=O) groups excluding carboxylic acids is 2. The number of hydrogen-bond acceptors (Lipinski definition) is 3. The maximum atomic E-state index is 13.3. The highest BCUT2D eigenvalue weighted by molar-refractivity contribution is 5.77. The van der Waals surface area contributed by atoms with Gasteiger partial charge in [-0.25, -0.2) is 4.39 Å². The molecule has 96 valence electrons. The molecule has 1 heterocycles. The van der Waals surface area contributed by atoms with Crippen LogP contribution in [0.2, 0.25) is 0 Å². The van der Waals surface area contributed by atoms with Crippen molar-refractivity contribution in [2.24, 2.45) is 0 Å². The van der Waals surface area contributed by atoms with E-state index in [4.69, 9.17) is 0 Å². The maximum absolute atomic E-state index is 13.3. The molecule has 1 fully saturated rings. The number of amides is 1. The zero-order valence-electron chi connectivity index (χ0n) is 10.2. The van der Waals surface area contributed by atoms with E-state index in [0.29, 0.717) is 43.7 Å². The van der Waals surface area contributed by atoms with Gasteiger partial charge in [-0.1, -0.05) is 0 Å². The molecule has 1 aromatic rings. The van der Waals surface area contributed by atoms with Crippen LogP contribution in [0.1, 0.15) is 17.3 Å². The van der Waals surface area contributed by atoms with Gasteiger partial charge in [-0.15, -0.1) is 0 Å². The fourth-order valence-electron chi connectivity index (χ4n) is 2.13. The van der Waals surface area contributed by atoms with Gasteiger partial charge in [0.1, 0.15) is 12.1 Å². The summed E-state index contributed by atoms with van der Waals surface area (Å²) in [5, 5.41) is 0. The zero-order chi connectivity index (χ0) is 13.1. The predicted octanol–water partition coefficient (Wildman–Crippen LogP) is 1.31. The molecule has 2 rings (SSSR count). The van der Waals surface area contributed by atoms with Gasteiger partial charge in [0.15, 0.2) is 0 Å². The van der Waals surface area contributed by atoms with E-state index in [0.717, 1.165) is 0 Å². The summed E-state index contributed by atoms with van der Waals surface area (Å²) in [5.74, 6) is -0.355. The average molecular weight is 250 g/mol. The van der Waals surface area contributed by atoms with Gasteiger partial charge in [0.2, 0.25) is 5.91 Å². The SMILES string of the molecule is CC(=O)N1CCN(c2cc(F)cc(C=O)c2)CC1. The molecule has 1 aromatic carbocycles. The van der Waals surface area contributed by atoms with Crippen LogP contribution in [0, 0.1) is 5.82 Å². The third-order valence-electron chi connectivity index (χ3n) is 3.13. The van der Waals surface area contributed by atoms with E-state index in [2.05, 4.69) is 0 Å². The van der Waals surface area contributed by atoms with E-state index in [1.165, 1.54) is 12.1 Å². The van der Waals surface area contributed by atoms with Crippen LogP contribution in [-0.4, -0.2) is 43.3 Å². The third-order valence-corrected chi connectivity index (χ3v) is 3.13. The van der Waals surface area contributed by atoms with Crippen LogP contribution in [-0.2, 0) is 4.79 Å². The Labute approximate surface area is 105 Å². The molecule has 1 aliphatic heterocycles. The summed E-state index contributed by atoms with van der Waals surface area (Å²) in [6.07, 6.45) is 0.637. The van der Waals surface area contributed by atoms with Crippen LogP contribution < -0.4 is 4.90 Å². The Morgan fingerprint density at radius 2 is 1.89 bits per heavy atom. The minimum absolute atomic E-state index is 0.0578. The first-order valence-corrected chi connectivity index (χ1v) is 5.86. The van der Waals surface area contributed by atoms with Gasteiger partial charge in [0.25, 0.3) is 0 Å². The Morgan fingerprint density at radius 1 is 1.22 bits per heavy atom. The van der Waals surface area contributed by atoms with Crippen molar-refractivity contribution in [2.75, 3.05) is 31.1 Å². The molecule has 0 radical (unpaired) electrons. The van der Waals surface area contributed by atoms with Crippen molar-refractivity contribution in [3.8, 4) is 0 Å². The number of hydrogen-bond donors (Lipinski definition) is 0. The molecule has 18 heavy (non-hydrogen) atoms. The van der Waals surface area contributed by atoms with E-state index in [1.807, 2.05) is 4.90 Å². The number of nitrogens with zero attached hydrogens (tertiary/aromatic N) is 2. The van der Waals surface area contributed by atoms with Crippen LogP contribution in [0.3, 0.4) is 0 Å². The summed E-state index contributed by atoms with van der Waals surface area (Å²) in [6, 6.07) is 4.29. The van der Waals surface area contributed by atoms with Gasteiger partial charge in [0.05, 0.1) is 0 Å². The lowest BCUT2D eigenvalue weighted by molar-refractivity contribution is -0.129. The minimum Gasteiger partial charge on any atom is -0.368 e. The first kappa shape index (κ1) is 12.5. The Hall–Kier alpha value is -1.91. The first-order valence-electron chi connectivity index (χ1n) is 5.86. The molecule has 0 atom stereocenters. The van der Waals surface area contributed by atoms with Crippen molar-refractivity contribution in [3.63, 3.8) is 0 Å². The molecule has 0 saturated carbocycles. The number of piperazine rings is 1. The second kappa shape index (κ2) is 5.16. The predicted molar refractivity (Wildman–Crippen MR) is 66.3 cm³/mol. The third kappa shape index (κ3) is 2.67. The lowest BCUT2D eigenvalue weighted by Crippen LogP contribution is -2.48. The summed E-state index contributed by atoms with van der Waals surface area (Å²) < 4.78 is 13.3. The Morgan fingerprint density at radius 3 is 2.44 bits per heavy atom. The largest absolute Gasteiger partial charge is 0.368 e. The maximum Gasteiger partial charge on any atom is 0.219 e. The number of benzene rings is 1. The van der Waals surface area contributed by atoms with Gasteiger partial charge in [-0.2, -0.15) is 0 Å². The van der Waals surface area contributed by atoms with Crippen molar-refractivity contribution in [2.45, 2.75) is 6.92 Å². The molecule has 0 aliphatic carbocycles. The molecule has 1 amide bonds. The van der Waals surface area contributed by atoms with Crippen LogP contribution in [0.15, 0.2) is 18.2 Å². The van der Waals surface area contributed by atoms with Crippen molar-refractivity contribution in [3.05, 3.63) is 29.6 Å². The lowest BCUT2D eigenvalue weighted by Gasteiger charge is -2.35. The van der Waals surface area contributed by atoms with Crippen molar-refractivity contribution >= 4 is 17.9 Å². The normalized spacial score (nSPS) is 15.7. The topological polar surface area (TPSA) is 40.6 Å². The quantitative estimate of drug-likeness (QED) is 0.743. The van der Waals surface area contributed by atoms with Gasteiger partial charge < -0.3 is 9.80 Å². The highest BCUT2D eigenvalue weighted by atomic mass is 19.1. The zero-order valence-corrected chi connectivity index (χ0v) is 10.2. The number of carbonyl (C=O) groups is 2. The van der Waals surface area contributed by atoms with Gasteiger partial charge in [-0.05, 0) is 18.2 Å². The summed E-state index contributed by atoms with van der Waals surface area (Å²) in [5.41, 5.74) is 1.03. The molecular formula is C13H15FN2O2. The fourth-order valence-corrected chi connectivity index (χ4v) is 2.13. The summed E-state index contributed by atoms with van der Waals surface area (Å²) >= 11 is 0. The van der Waals surface area contributed by atoms with Gasteiger partial charge in [-0.3, -0.25) is 9.59 Å². The highest BCUT2D eigenvalue weighted by Crippen LogP contribution is 2.19. The smallest absolute Gasteiger partial charge is 0.219 e. The minimum atomic E-state index is -0.413. The molecule has 1 aliphatic rings. The van der Waals surface area contributed by atoms with Gasteiger partial charge in [0, 0.05) is 44.4 Å². The standard InChI is InChI=1S/C13H15FN2O2/c1-10(18)15-2-4-16(5-3-15)13-7-11(9-17)6-12(14)8-13/h6-9H,2-5H2,1H3. The Bertz CT molecular complexity index is 468. The van der Waals surface area contributed by atoms with E-state index in [1.54, 1.807) is 17.9 Å². The molecule has 0 unspecified atom stereocenters. The molecular weight excluding hydrogens is 235 g/mol. The van der Waals surface area contributed by atoms with E-state index >= 15 is 0 Å². The van der Waals surface area contributed by atoms with E-state index in [9.17, 15) is 14.0 Å². The Kier molecular flexibility index (Phi) is 3.60. The van der Waals surface area contributed by atoms with Crippen LogP contribution in [0.4, 0.5) is 10.1 Å². The number of rotatable bonds is 2. The molecule has 5 heteroatoms. The first-order chi connectivity index (χ1) is 8.60. The summed E-state index contributed by atoms with van der Waals surface area (Å²) in [6.45, 7) is 4.11. The molecule has 0 spiro atoms. The number of halogens is 1. The van der Waals surface area contributed by atoms with Crippen LogP contribution in [0.5, 0.6) is 0 Å². The monoisotopic (exact) mass is 250 g/mol. The van der Waals surface area contributed by atoms with Crippen molar-refractivity contribution in [1.82, 2.24) is 4.90 Å². The number of anilines is 1. The molecule has 1 saturated heterocycles. The average Bonchev–Trinajstić information content (AvgIpc) is 2.38. The molecule has 0 N–H and O–H groups in total. The Balaban J connectivity index is 2.11. The molecule has 4 nitrogen and oxygen atoms in total. The van der Waals surface area contributed by atoms with Gasteiger partial charge >= 0.3 is 0 Å². The van der Waals surface area contributed by atoms with Crippen LogP contribution in [0.25, 0.3) is 0 Å². The second-order valence-corrected chi connectivity index (χ2v) is 4.35. The van der Waals surface area contributed by atoms with Crippen molar-refractivity contribution in [1.29, 1.82) is 0 Å². The highest BCUT2D eigenvalue weighted by Gasteiger charge is 2.19. The van der Waals surface area contributed by atoms with E-state index < -0.39 is 5.82 Å².